The van der Waals surface area contributed by atoms with Crippen molar-refractivity contribution < 1.29 is 52.0 Å². The van der Waals surface area contributed by atoms with Crippen molar-refractivity contribution in [3.8, 4) is 0 Å². The number of carbonyl (C=O) groups is 5. The van der Waals surface area contributed by atoms with E-state index >= 15 is 0 Å². The fourth-order valence-electron chi connectivity index (χ4n) is 4.89. The lowest BCUT2D eigenvalue weighted by molar-refractivity contribution is -0.173. The number of carbonyl (C=O) groups excluding carboxylic acids is 5. The minimum atomic E-state index is -0.725. The highest BCUT2D eigenvalue weighted by atomic mass is 32.2. The molecule has 1 aromatic carbocycles. The molecule has 0 bridgehead atoms. The number of esters is 4. The van der Waals surface area contributed by atoms with Crippen molar-refractivity contribution in [3.05, 3.63) is 29.6 Å². The summed E-state index contributed by atoms with van der Waals surface area (Å²) in [6, 6.07) is 4.86. The number of aryl methyl sites for hydroxylation is 1. The van der Waals surface area contributed by atoms with Crippen LogP contribution in [0.3, 0.4) is 0 Å². The maximum Gasteiger partial charge on any atom is 0.405 e. The van der Waals surface area contributed by atoms with Gasteiger partial charge in [-0.25, -0.2) is 9.18 Å². The van der Waals surface area contributed by atoms with Crippen LogP contribution in [-0.4, -0.2) is 54.9 Å². The van der Waals surface area contributed by atoms with Crippen LogP contribution in [0.25, 0.3) is 0 Å². The van der Waals surface area contributed by atoms with Gasteiger partial charge in [0.1, 0.15) is 11.4 Å². The van der Waals surface area contributed by atoms with E-state index in [9.17, 15) is 28.4 Å². The minimum Gasteiger partial charge on any atom is -0.444 e. The van der Waals surface area contributed by atoms with Gasteiger partial charge in [0.25, 0.3) is 0 Å². The monoisotopic (exact) mass is 641 g/mol. The Morgan fingerprint density at radius 3 is 1.86 bits per heavy atom. The largest absolute Gasteiger partial charge is 0.444 e. The summed E-state index contributed by atoms with van der Waals surface area (Å²) in [5.41, 5.74) is 4.80. The molecule has 0 saturated heterocycles. The number of primary amides is 1. The SMILES string of the molecule is CC(C)(C)OC(N)=O.Cc1cc(SCC2CC3C(C(=O)OCOC(=O)C(C)C)C3C2C(=O)OCOC(=O)C(C)C)ccc1F. The van der Waals surface area contributed by atoms with Crippen molar-refractivity contribution >= 4 is 41.7 Å². The lowest BCUT2D eigenvalue weighted by atomic mass is 9.90. The summed E-state index contributed by atoms with van der Waals surface area (Å²) in [5.74, 6) is -3.80. The van der Waals surface area contributed by atoms with Gasteiger partial charge < -0.3 is 29.4 Å². The van der Waals surface area contributed by atoms with Gasteiger partial charge in [-0.2, -0.15) is 0 Å². The van der Waals surface area contributed by atoms with Crippen LogP contribution in [0.15, 0.2) is 23.1 Å². The van der Waals surface area contributed by atoms with Gasteiger partial charge in [0.05, 0.1) is 23.7 Å². The number of ether oxygens (including phenoxy) is 5. The first kappa shape index (κ1) is 36.8. The number of benzene rings is 1. The van der Waals surface area contributed by atoms with Crippen molar-refractivity contribution in [1.82, 2.24) is 0 Å². The Labute approximate surface area is 262 Å². The molecule has 2 aliphatic rings. The van der Waals surface area contributed by atoms with Gasteiger partial charge in [0, 0.05) is 10.6 Å². The predicted molar refractivity (Wildman–Crippen MR) is 158 cm³/mol. The molecule has 0 aromatic heterocycles. The fourth-order valence-corrected chi connectivity index (χ4v) is 6.06. The summed E-state index contributed by atoms with van der Waals surface area (Å²) in [4.78, 5) is 59.8. The molecule has 11 nitrogen and oxygen atoms in total. The van der Waals surface area contributed by atoms with E-state index in [1.807, 2.05) is 0 Å². The first-order chi connectivity index (χ1) is 20.4. The Kier molecular flexibility index (Phi) is 13.5. The van der Waals surface area contributed by atoms with E-state index in [2.05, 4.69) is 4.74 Å². The van der Waals surface area contributed by atoms with Crippen LogP contribution < -0.4 is 5.73 Å². The van der Waals surface area contributed by atoms with E-state index in [0.717, 1.165) is 4.90 Å². The van der Waals surface area contributed by atoms with Crippen molar-refractivity contribution in [1.29, 1.82) is 0 Å². The third kappa shape index (κ3) is 11.3. The summed E-state index contributed by atoms with van der Waals surface area (Å²) < 4.78 is 38.5. The molecular formula is C31H44FNO10S. The topological polar surface area (TPSA) is 158 Å². The summed E-state index contributed by atoms with van der Waals surface area (Å²) in [6.45, 7) is 12.7. The number of halogens is 1. The molecule has 0 aliphatic heterocycles. The van der Waals surface area contributed by atoms with Crippen molar-refractivity contribution in [2.24, 2.45) is 47.2 Å². The van der Waals surface area contributed by atoms with Crippen molar-refractivity contribution in [2.45, 2.75) is 72.3 Å². The molecule has 3 rings (SSSR count). The van der Waals surface area contributed by atoms with Crippen LogP contribution in [0.4, 0.5) is 9.18 Å². The van der Waals surface area contributed by atoms with Crippen LogP contribution in [0.1, 0.15) is 60.5 Å². The molecule has 5 atom stereocenters. The second-order valence-corrected chi connectivity index (χ2v) is 13.5. The number of fused-ring (bicyclic) bond motifs is 1. The maximum atomic E-state index is 13.6. The zero-order valence-electron chi connectivity index (χ0n) is 26.5. The fraction of sp³-hybridized carbons (Fsp3) is 0.645. The lowest BCUT2D eigenvalue weighted by Gasteiger charge is -2.22. The quantitative estimate of drug-likeness (QED) is 0.150. The van der Waals surface area contributed by atoms with Gasteiger partial charge in [-0.15, -0.1) is 11.8 Å². The Balaban J connectivity index is 0.000000742. The van der Waals surface area contributed by atoms with Gasteiger partial charge in [0.15, 0.2) is 0 Å². The van der Waals surface area contributed by atoms with Crippen LogP contribution in [-0.2, 0) is 42.9 Å². The standard InChI is InChI=1S/C26H33FO8S.C5H11NO2/c1-13(2)23(28)32-11-34-25(30)20-16(10-36-17-6-7-19(27)15(5)8-17)9-18-21(20)22(18)26(31)35-12-33-24(29)14(3)4;1-5(2,3)8-4(6)7/h6-8,13-14,16,18,20-22H,9-12H2,1-5H3;1-3H3,(H2,6,7). The van der Waals surface area contributed by atoms with Crippen LogP contribution in [0, 0.1) is 54.2 Å². The van der Waals surface area contributed by atoms with E-state index in [0.29, 0.717) is 17.7 Å². The van der Waals surface area contributed by atoms with Crippen molar-refractivity contribution in [2.75, 3.05) is 19.3 Å². The molecule has 2 fully saturated rings. The van der Waals surface area contributed by atoms with Gasteiger partial charge in [-0.3, -0.25) is 19.2 Å². The predicted octanol–water partition coefficient (Wildman–Crippen LogP) is 5.00. The molecule has 1 aromatic rings. The van der Waals surface area contributed by atoms with E-state index in [1.54, 1.807) is 67.5 Å². The average molecular weight is 642 g/mol. The normalized spacial score (nSPS) is 21.8. The van der Waals surface area contributed by atoms with Gasteiger partial charge in [0.2, 0.25) is 13.6 Å². The number of nitrogens with two attached hydrogens (primary N) is 1. The molecule has 0 radical (unpaired) electrons. The molecule has 1 amide bonds. The second-order valence-electron chi connectivity index (χ2n) is 12.4. The first-order valence-electron chi connectivity index (χ1n) is 14.5. The third-order valence-electron chi connectivity index (χ3n) is 7.02. The molecule has 2 aliphatic carbocycles. The Morgan fingerprint density at radius 2 is 1.43 bits per heavy atom. The highest BCUT2D eigenvalue weighted by molar-refractivity contribution is 7.99. The zero-order chi connectivity index (χ0) is 33.4. The second kappa shape index (κ2) is 16.1. The van der Waals surface area contributed by atoms with Crippen LogP contribution >= 0.6 is 11.8 Å². The molecular weight excluding hydrogens is 597 g/mol. The number of amides is 1. The van der Waals surface area contributed by atoms with E-state index in [1.165, 1.54) is 17.8 Å². The summed E-state index contributed by atoms with van der Waals surface area (Å²) in [7, 11) is 0. The summed E-state index contributed by atoms with van der Waals surface area (Å²) in [6.07, 6.45) is -0.105. The van der Waals surface area contributed by atoms with Crippen LogP contribution in [0.2, 0.25) is 0 Å². The Hall–Kier alpha value is -3.35. The molecule has 2 N–H and O–H groups in total. The van der Waals surface area contributed by atoms with Gasteiger partial charge in [-0.1, -0.05) is 27.7 Å². The molecule has 246 valence electrons. The Morgan fingerprint density at radius 1 is 0.909 bits per heavy atom. The molecule has 2 saturated carbocycles. The minimum absolute atomic E-state index is 0.0466. The number of rotatable bonds is 11. The zero-order valence-corrected chi connectivity index (χ0v) is 27.4. The highest BCUT2D eigenvalue weighted by Crippen LogP contribution is 2.64. The molecule has 5 unspecified atom stereocenters. The lowest BCUT2D eigenvalue weighted by Crippen LogP contribution is -2.30. The maximum absolute atomic E-state index is 13.6. The summed E-state index contributed by atoms with van der Waals surface area (Å²) >= 11 is 1.51. The van der Waals surface area contributed by atoms with Gasteiger partial charge >= 0.3 is 30.0 Å². The third-order valence-corrected chi connectivity index (χ3v) is 8.20. The molecule has 44 heavy (non-hydrogen) atoms. The molecule has 0 heterocycles. The summed E-state index contributed by atoms with van der Waals surface area (Å²) in [5, 5.41) is 0. The van der Waals surface area contributed by atoms with Crippen molar-refractivity contribution in [3.63, 3.8) is 0 Å². The van der Waals surface area contributed by atoms with E-state index in [4.69, 9.17) is 24.7 Å². The van der Waals surface area contributed by atoms with Gasteiger partial charge in [-0.05, 0) is 75.6 Å². The smallest absolute Gasteiger partial charge is 0.405 e. The van der Waals surface area contributed by atoms with E-state index < -0.39 is 61.0 Å². The molecule has 13 heteroatoms. The molecule has 0 spiro atoms. The first-order valence-corrected chi connectivity index (χ1v) is 15.4. The average Bonchev–Trinajstić information content (AvgIpc) is 3.47. The highest BCUT2D eigenvalue weighted by Gasteiger charge is 2.67. The number of hydrogen-bond donors (Lipinski definition) is 1. The number of thioether (sulfide) groups is 1. The van der Waals surface area contributed by atoms with E-state index in [-0.39, 0.29) is 35.4 Å². The van der Waals surface area contributed by atoms with Crippen LogP contribution in [0.5, 0.6) is 0 Å². The number of hydrogen-bond acceptors (Lipinski definition) is 11. The Bertz CT molecular complexity index is 1200.